The van der Waals surface area contributed by atoms with Crippen LogP contribution in [0.2, 0.25) is 0 Å². The fraction of sp³-hybridized carbons (Fsp3) is 0.667. The molecule has 0 radical (unpaired) electrons. The number of hydrogen-bond acceptors (Lipinski definition) is 6. The standard InChI is InChI=1S/C6H12O6S.H3N/c1-3-4-11-6(5(2)7)12-13(8,9)10;/h3,5-7H,1,4H2,2H3,(H,8,9,10);1H3. The van der Waals surface area contributed by atoms with Crippen molar-refractivity contribution in [2.45, 2.75) is 19.3 Å². The Hall–Kier alpha value is -0.510. The van der Waals surface area contributed by atoms with Crippen molar-refractivity contribution in [1.82, 2.24) is 6.15 Å². The van der Waals surface area contributed by atoms with Crippen LogP contribution in [-0.4, -0.2) is 37.1 Å². The van der Waals surface area contributed by atoms with E-state index in [1.807, 2.05) is 0 Å². The average Bonchev–Trinajstić information content (AvgIpc) is 1.95. The molecule has 8 heteroatoms. The third-order valence-electron chi connectivity index (χ3n) is 0.989. The Kier molecular flexibility index (Phi) is 7.82. The predicted molar refractivity (Wildman–Crippen MR) is 49.3 cm³/mol. The normalized spacial score (nSPS) is 15.4. The van der Waals surface area contributed by atoms with Gasteiger partial charge >= 0.3 is 10.4 Å². The number of aliphatic hydroxyl groups is 1. The largest absolute Gasteiger partial charge is 0.399 e. The van der Waals surface area contributed by atoms with E-state index in [0.717, 1.165) is 0 Å². The molecule has 86 valence electrons. The first-order valence-corrected chi connectivity index (χ1v) is 4.79. The van der Waals surface area contributed by atoms with Crippen molar-refractivity contribution in [1.29, 1.82) is 0 Å². The monoisotopic (exact) mass is 229 g/mol. The molecule has 14 heavy (non-hydrogen) atoms. The lowest BCUT2D eigenvalue weighted by Gasteiger charge is -2.17. The summed E-state index contributed by atoms with van der Waals surface area (Å²) in [6.45, 7) is 4.58. The second kappa shape index (κ2) is 6.87. The minimum atomic E-state index is -4.62. The third kappa shape index (κ3) is 8.10. The maximum Gasteiger partial charge on any atom is 0.399 e. The van der Waals surface area contributed by atoms with E-state index >= 15 is 0 Å². The zero-order valence-electron chi connectivity index (χ0n) is 7.79. The summed E-state index contributed by atoms with van der Waals surface area (Å²) < 4.78 is 37.4. The summed E-state index contributed by atoms with van der Waals surface area (Å²) >= 11 is 0. The molecule has 0 amide bonds. The minimum absolute atomic E-state index is 0. The Morgan fingerprint density at radius 3 is 2.36 bits per heavy atom. The molecule has 0 spiro atoms. The van der Waals surface area contributed by atoms with Gasteiger partial charge in [0, 0.05) is 0 Å². The van der Waals surface area contributed by atoms with Crippen molar-refractivity contribution in [2.75, 3.05) is 6.61 Å². The van der Waals surface area contributed by atoms with Gasteiger partial charge in [-0.05, 0) is 6.92 Å². The molecule has 0 aromatic carbocycles. The lowest BCUT2D eigenvalue weighted by molar-refractivity contribution is -0.132. The summed E-state index contributed by atoms with van der Waals surface area (Å²) in [5.74, 6) is 0. The predicted octanol–water partition coefficient (Wildman–Crippen LogP) is -0.123. The van der Waals surface area contributed by atoms with Crippen LogP contribution in [-0.2, 0) is 19.3 Å². The van der Waals surface area contributed by atoms with Gasteiger partial charge in [-0.3, -0.25) is 4.55 Å². The fourth-order valence-electron chi connectivity index (χ4n) is 0.530. The Morgan fingerprint density at radius 2 is 2.07 bits per heavy atom. The van der Waals surface area contributed by atoms with Crippen molar-refractivity contribution in [3.05, 3.63) is 12.7 Å². The topological polar surface area (TPSA) is 128 Å². The smallest absolute Gasteiger partial charge is 0.388 e. The van der Waals surface area contributed by atoms with E-state index in [1.165, 1.54) is 13.0 Å². The molecule has 5 N–H and O–H groups in total. The van der Waals surface area contributed by atoms with E-state index in [4.69, 9.17) is 14.4 Å². The lowest BCUT2D eigenvalue weighted by Crippen LogP contribution is -2.31. The summed E-state index contributed by atoms with van der Waals surface area (Å²) in [5, 5.41) is 8.94. The van der Waals surface area contributed by atoms with Gasteiger partial charge in [-0.15, -0.1) is 6.58 Å². The molecule has 0 heterocycles. The molecule has 0 aromatic heterocycles. The van der Waals surface area contributed by atoms with Gasteiger partial charge in [0.25, 0.3) is 0 Å². The molecule has 0 bridgehead atoms. The maximum atomic E-state index is 10.2. The van der Waals surface area contributed by atoms with Crippen molar-refractivity contribution in [2.24, 2.45) is 0 Å². The Bertz CT molecular complexity index is 249. The van der Waals surface area contributed by atoms with Crippen LogP contribution in [0.15, 0.2) is 12.7 Å². The molecule has 7 nitrogen and oxygen atoms in total. The second-order valence-electron chi connectivity index (χ2n) is 2.25. The van der Waals surface area contributed by atoms with E-state index in [9.17, 15) is 8.42 Å². The Labute approximate surface area is 82.9 Å². The summed E-state index contributed by atoms with van der Waals surface area (Å²) in [5.41, 5.74) is 0. The highest BCUT2D eigenvalue weighted by molar-refractivity contribution is 7.80. The van der Waals surface area contributed by atoms with Crippen LogP contribution in [0.1, 0.15) is 6.92 Å². The third-order valence-corrected chi connectivity index (χ3v) is 1.42. The summed E-state index contributed by atoms with van der Waals surface area (Å²) in [7, 11) is -4.62. The van der Waals surface area contributed by atoms with Gasteiger partial charge in [-0.25, -0.2) is 4.18 Å². The van der Waals surface area contributed by atoms with Crippen molar-refractivity contribution in [3.63, 3.8) is 0 Å². The molecular formula is C6H15NO6S. The molecule has 0 aliphatic carbocycles. The summed E-state index contributed by atoms with van der Waals surface area (Å²) in [6.07, 6.45) is -1.25. The fourth-order valence-corrected chi connectivity index (χ4v) is 0.986. The average molecular weight is 229 g/mol. The highest BCUT2D eigenvalue weighted by atomic mass is 32.3. The molecule has 0 saturated heterocycles. The molecule has 0 saturated carbocycles. The number of hydrogen-bond donors (Lipinski definition) is 3. The molecule has 0 aliphatic heterocycles. The first-order chi connectivity index (χ1) is 5.87. The van der Waals surface area contributed by atoms with Crippen LogP contribution in [0.4, 0.5) is 0 Å². The zero-order valence-corrected chi connectivity index (χ0v) is 8.61. The van der Waals surface area contributed by atoms with Crippen LogP contribution in [0, 0.1) is 0 Å². The minimum Gasteiger partial charge on any atom is -0.388 e. The van der Waals surface area contributed by atoms with Gasteiger partial charge in [-0.2, -0.15) is 8.42 Å². The second-order valence-corrected chi connectivity index (χ2v) is 3.30. The molecule has 2 atom stereocenters. The van der Waals surface area contributed by atoms with Crippen molar-refractivity contribution < 1.29 is 27.0 Å². The van der Waals surface area contributed by atoms with Crippen molar-refractivity contribution in [3.8, 4) is 0 Å². The van der Waals surface area contributed by atoms with Crippen LogP contribution in [0.3, 0.4) is 0 Å². The molecule has 0 rings (SSSR count). The Balaban J connectivity index is 0. The molecule has 0 aliphatic rings. The van der Waals surface area contributed by atoms with Gasteiger partial charge in [0.15, 0.2) is 0 Å². The molecular weight excluding hydrogens is 214 g/mol. The molecule has 0 fully saturated rings. The van der Waals surface area contributed by atoms with Gasteiger partial charge in [0.2, 0.25) is 6.29 Å². The lowest BCUT2D eigenvalue weighted by atomic mass is 10.4. The van der Waals surface area contributed by atoms with Crippen molar-refractivity contribution >= 4 is 10.4 Å². The van der Waals surface area contributed by atoms with Gasteiger partial charge in [0.1, 0.15) is 6.10 Å². The van der Waals surface area contributed by atoms with Crippen LogP contribution >= 0.6 is 0 Å². The van der Waals surface area contributed by atoms with E-state index in [1.54, 1.807) is 0 Å². The number of ether oxygens (including phenoxy) is 1. The molecule has 0 aromatic rings. The van der Waals surface area contributed by atoms with Crippen LogP contribution in [0.5, 0.6) is 0 Å². The molecule has 2 unspecified atom stereocenters. The first-order valence-electron chi connectivity index (χ1n) is 3.43. The van der Waals surface area contributed by atoms with Gasteiger partial charge < -0.3 is 16.0 Å². The zero-order chi connectivity index (χ0) is 10.5. The van der Waals surface area contributed by atoms with E-state index in [2.05, 4.69) is 10.8 Å². The van der Waals surface area contributed by atoms with Gasteiger partial charge in [0.05, 0.1) is 6.61 Å². The summed E-state index contributed by atoms with van der Waals surface area (Å²) in [6, 6.07) is 0. The Morgan fingerprint density at radius 1 is 1.57 bits per heavy atom. The quantitative estimate of drug-likeness (QED) is 0.329. The van der Waals surface area contributed by atoms with E-state index < -0.39 is 22.8 Å². The van der Waals surface area contributed by atoms with Gasteiger partial charge in [-0.1, -0.05) is 6.08 Å². The number of aliphatic hydroxyl groups excluding tert-OH is 1. The first kappa shape index (κ1) is 15.9. The number of rotatable bonds is 6. The highest BCUT2D eigenvalue weighted by Gasteiger charge is 2.22. The van der Waals surface area contributed by atoms with E-state index in [0.29, 0.717) is 0 Å². The van der Waals surface area contributed by atoms with E-state index in [-0.39, 0.29) is 12.8 Å². The SMILES string of the molecule is C=CCOC(OS(=O)(=O)O)C(C)O.N. The maximum absolute atomic E-state index is 10.2. The summed E-state index contributed by atoms with van der Waals surface area (Å²) in [4.78, 5) is 0. The highest BCUT2D eigenvalue weighted by Crippen LogP contribution is 2.04. The van der Waals surface area contributed by atoms with Crippen LogP contribution in [0.25, 0.3) is 0 Å². The van der Waals surface area contributed by atoms with Crippen LogP contribution < -0.4 is 6.15 Å².